The van der Waals surface area contributed by atoms with E-state index in [0.717, 1.165) is 0 Å². The number of hydrogen-bond donors (Lipinski definition) is 3. The quantitative estimate of drug-likeness (QED) is 0.419. The number of nitrogens with two attached hydrogens (primary N) is 1. The Bertz CT molecular complexity index is 938. The van der Waals surface area contributed by atoms with Crippen LogP contribution in [0.2, 0.25) is 5.02 Å². The highest BCUT2D eigenvalue weighted by molar-refractivity contribution is 6.31. The zero-order valence-corrected chi connectivity index (χ0v) is 17.2. The third-order valence-corrected chi connectivity index (χ3v) is 6.44. The molecule has 0 bridgehead atoms. The molecule has 30 heavy (non-hydrogen) atoms. The van der Waals surface area contributed by atoms with E-state index >= 15 is 0 Å². The second kappa shape index (κ2) is 7.64. The Kier molecular flexibility index (Phi) is 5.29. The van der Waals surface area contributed by atoms with Gasteiger partial charge in [-0.15, -0.1) is 0 Å². The number of nitrogens with one attached hydrogen (secondary N) is 2. The van der Waals surface area contributed by atoms with Crippen molar-refractivity contribution in [2.75, 3.05) is 25.6 Å². The Morgan fingerprint density at radius 1 is 1.30 bits per heavy atom. The minimum atomic E-state index is -1.42. The number of ether oxygens (including phenoxy) is 1. The first-order chi connectivity index (χ1) is 14.3. The van der Waals surface area contributed by atoms with Crippen molar-refractivity contribution in [2.24, 2.45) is 17.6 Å². The number of anilines is 1. The van der Waals surface area contributed by atoms with Crippen LogP contribution < -0.4 is 16.4 Å². The highest BCUT2D eigenvalue weighted by atomic mass is 35.5. The average molecular weight is 435 g/mol. The Morgan fingerprint density at radius 3 is 2.77 bits per heavy atom. The number of primary amides is 1. The number of benzene rings is 1. The van der Waals surface area contributed by atoms with Crippen molar-refractivity contribution >= 4 is 40.9 Å². The molecule has 1 aromatic rings. The van der Waals surface area contributed by atoms with Crippen LogP contribution in [0.25, 0.3) is 0 Å². The van der Waals surface area contributed by atoms with E-state index in [2.05, 4.69) is 10.6 Å². The van der Waals surface area contributed by atoms with Crippen molar-refractivity contribution in [2.45, 2.75) is 30.8 Å². The molecule has 4 rings (SSSR count). The molecule has 3 heterocycles. The van der Waals surface area contributed by atoms with Gasteiger partial charge in [-0.3, -0.25) is 29.4 Å². The maximum atomic E-state index is 13.4. The summed E-state index contributed by atoms with van der Waals surface area (Å²) in [5.74, 6) is -3.36. The SMILES string of the molecule is COCCCN1C(=O)[C@H]2[C@H](CCC(N)=O)N[C@@]3(C(=O)Nc4ccc(Cl)cc43)[C@@H]2C1=O. The minimum absolute atomic E-state index is 0.0339. The summed E-state index contributed by atoms with van der Waals surface area (Å²) in [7, 11) is 1.55. The molecule has 0 aromatic heterocycles. The number of imide groups is 1. The lowest BCUT2D eigenvalue weighted by molar-refractivity contribution is -0.143. The van der Waals surface area contributed by atoms with E-state index in [-0.39, 0.29) is 25.3 Å². The number of fused-ring (bicyclic) bond motifs is 4. The normalized spacial score (nSPS) is 29.5. The number of halogens is 1. The summed E-state index contributed by atoms with van der Waals surface area (Å²) < 4.78 is 5.03. The fourth-order valence-electron chi connectivity index (χ4n) is 4.97. The molecule has 2 saturated heterocycles. The van der Waals surface area contributed by atoms with E-state index in [4.69, 9.17) is 22.1 Å². The largest absolute Gasteiger partial charge is 0.385 e. The Morgan fingerprint density at radius 2 is 2.07 bits per heavy atom. The third kappa shape index (κ3) is 3.00. The number of rotatable bonds is 7. The first-order valence-electron chi connectivity index (χ1n) is 9.83. The summed E-state index contributed by atoms with van der Waals surface area (Å²) in [4.78, 5) is 52.4. The standard InChI is InChI=1S/C20H23ClN4O5/c1-30-8-2-7-25-17(27)15-13(5-6-14(22)26)24-20(16(15)18(25)28)11-9-10(21)3-4-12(11)23-19(20)29/h3-4,9,13,15-16,24H,2,5-8H2,1H3,(H2,22,26)(H,23,29)/t13-,15-,16-,20+/m0/s1. The summed E-state index contributed by atoms with van der Waals surface area (Å²) >= 11 is 6.19. The summed E-state index contributed by atoms with van der Waals surface area (Å²) in [5, 5.41) is 6.45. The molecule has 4 atom stereocenters. The second-order valence-corrected chi connectivity index (χ2v) is 8.32. The lowest BCUT2D eigenvalue weighted by Crippen LogP contribution is -2.53. The van der Waals surface area contributed by atoms with Crippen LogP contribution in [0.4, 0.5) is 5.69 Å². The van der Waals surface area contributed by atoms with Crippen LogP contribution >= 0.6 is 11.6 Å². The number of likely N-dealkylation sites (tertiary alicyclic amines) is 1. The lowest BCUT2D eigenvalue weighted by Gasteiger charge is -2.29. The fraction of sp³-hybridized carbons (Fsp3) is 0.500. The maximum absolute atomic E-state index is 13.4. The highest BCUT2D eigenvalue weighted by Gasteiger charge is 2.70. The lowest BCUT2D eigenvalue weighted by atomic mass is 9.76. The molecule has 4 amide bonds. The molecular formula is C20H23ClN4O5. The zero-order chi connectivity index (χ0) is 21.6. The van der Waals surface area contributed by atoms with Crippen LogP contribution in [0, 0.1) is 11.8 Å². The highest BCUT2D eigenvalue weighted by Crippen LogP contribution is 2.53. The first-order valence-corrected chi connectivity index (χ1v) is 10.2. The van der Waals surface area contributed by atoms with Gasteiger partial charge in [-0.2, -0.15) is 0 Å². The Balaban J connectivity index is 1.77. The van der Waals surface area contributed by atoms with Crippen LogP contribution in [-0.2, 0) is 29.5 Å². The molecule has 0 aliphatic carbocycles. The number of amides is 4. The van der Waals surface area contributed by atoms with Gasteiger partial charge in [0.2, 0.25) is 23.6 Å². The van der Waals surface area contributed by atoms with Gasteiger partial charge in [0, 0.05) is 49.0 Å². The molecule has 3 aliphatic rings. The summed E-state index contributed by atoms with van der Waals surface area (Å²) in [6.45, 7) is 0.612. The molecule has 1 aromatic carbocycles. The van der Waals surface area contributed by atoms with Gasteiger partial charge < -0.3 is 15.8 Å². The van der Waals surface area contributed by atoms with Crippen molar-refractivity contribution < 1.29 is 23.9 Å². The van der Waals surface area contributed by atoms with Gasteiger partial charge >= 0.3 is 0 Å². The van der Waals surface area contributed by atoms with E-state index in [9.17, 15) is 19.2 Å². The van der Waals surface area contributed by atoms with Crippen molar-refractivity contribution in [3.8, 4) is 0 Å². The van der Waals surface area contributed by atoms with Crippen molar-refractivity contribution in [1.82, 2.24) is 10.2 Å². The third-order valence-electron chi connectivity index (χ3n) is 6.20. The maximum Gasteiger partial charge on any atom is 0.250 e. The molecule has 0 saturated carbocycles. The molecule has 4 N–H and O–H groups in total. The number of hydrogen-bond acceptors (Lipinski definition) is 6. The van der Waals surface area contributed by atoms with Crippen LogP contribution in [-0.4, -0.2) is 54.8 Å². The number of methoxy groups -OCH3 is 1. The number of carbonyl (C=O) groups is 4. The Hall–Kier alpha value is -2.49. The molecule has 9 nitrogen and oxygen atoms in total. The molecule has 160 valence electrons. The van der Waals surface area contributed by atoms with Crippen molar-refractivity contribution in [1.29, 1.82) is 0 Å². The molecule has 2 fully saturated rings. The van der Waals surface area contributed by atoms with Gasteiger partial charge in [-0.1, -0.05) is 11.6 Å². The van der Waals surface area contributed by atoms with Crippen molar-refractivity contribution in [3.63, 3.8) is 0 Å². The zero-order valence-electron chi connectivity index (χ0n) is 16.4. The molecule has 0 radical (unpaired) electrons. The molecule has 0 unspecified atom stereocenters. The van der Waals surface area contributed by atoms with Crippen LogP contribution in [0.3, 0.4) is 0 Å². The summed E-state index contributed by atoms with van der Waals surface area (Å²) in [6.07, 6.45) is 0.771. The molecular weight excluding hydrogens is 412 g/mol. The predicted octanol–water partition coefficient (Wildman–Crippen LogP) is 0.362. The molecule has 3 aliphatic heterocycles. The Labute approximate surface area is 178 Å². The van der Waals surface area contributed by atoms with E-state index < -0.39 is 41.1 Å². The van der Waals surface area contributed by atoms with E-state index in [0.29, 0.717) is 29.3 Å². The van der Waals surface area contributed by atoms with Gasteiger partial charge in [-0.05, 0) is 31.0 Å². The number of nitrogens with zero attached hydrogens (tertiary/aromatic N) is 1. The van der Waals surface area contributed by atoms with Gasteiger partial charge in [0.05, 0.1) is 11.8 Å². The smallest absolute Gasteiger partial charge is 0.250 e. The van der Waals surface area contributed by atoms with E-state index in [1.165, 1.54) is 4.90 Å². The topological polar surface area (TPSA) is 131 Å². The van der Waals surface area contributed by atoms with Gasteiger partial charge in [-0.25, -0.2) is 0 Å². The molecule has 1 spiro atoms. The van der Waals surface area contributed by atoms with E-state index in [1.54, 1.807) is 25.3 Å². The van der Waals surface area contributed by atoms with E-state index in [1.807, 2.05) is 0 Å². The summed E-state index contributed by atoms with van der Waals surface area (Å²) in [6, 6.07) is 4.41. The first kappa shape index (κ1) is 20.8. The van der Waals surface area contributed by atoms with Crippen LogP contribution in [0.1, 0.15) is 24.8 Å². The monoisotopic (exact) mass is 434 g/mol. The van der Waals surface area contributed by atoms with Gasteiger partial charge in [0.1, 0.15) is 5.54 Å². The molecule has 10 heteroatoms. The van der Waals surface area contributed by atoms with Gasteiger partial charge in [0.15, 0.2) is 0 Å². The second-order valence-electron chi connectivity index (χ2n) is 7.89. The minimum Gasteiger partial charge on any atom is -0.385 e. The predicted molar refractivity (Wildman–Crippen MR) is 107 cm³/mol. The van der Waals surface area contributed by atoms with Crippen LogP contribution in [0.15, 0.2) is 18.2 Å². The van der Waals surface area contributed by atoms with Crippen molar-refractivity contribution in [3.05, 3.63) is 28.8 Å². The van der Waals surface area contributed by atoms with Gasteiger partial charge in [0.25, 0.3) is 0 Å². The van der Waals surface area contributed by atoms with Crippen LogP contribution in [0.5, 0.6) is 0 Å². The number of carbonyl (C=O) groups excluding carboxylic acids is 4. The average Bonchev–Trinajstić information content (AvgIpc) is 3.27. The fourth-order valence-corrected chi connectivity index (χ4v) is 5.14. The summed E-state index contributed by atoms with van der Waals surface area (Å²) in [5.41, 5.74) is 4.97.